The molecule has 0 unspecified atom stereocenters. The fraction of sp³-hybridized carbons (Fsp3) is 0.227. The molecule has 2 amide bonds. The minimum absolute atomic E-state index is 0.0948. The highest BCUT2D eigenvalue weighted by atomic mass is 16.2. The Bertz CT molecular complexity index is 1040. The van der Waals surface area contributed by atoms with E-state index in [9.17, 15) is 9.59 Å². The Balaban J connectivity index is 1.65. The number of carbonyl (C=O) groups is 2. The number of nitrogens with one attached hydrogen (secondary N) is 2. The van der Waals surface area contributed by atoms with Crippen LogP contribution in [0, 0.1) is 0 Å². The molecule has 0 fully saturated rings. The van der Waals surface area contributed by atoms with Gasteiger partial charge in [0.05, 0.1) is 12.2 Å². The summed E-state index contributed by atoms with van der Waals surface area (Å²) in [6.07, 6.45) is 5.91. The number of carbonyl (C=O) groups excluding carboxylic acids is 2. The third-order valence-electron chi connectivity index (χ3n) is 5.21. The van der Waals surface area contributed by atoms with Crippen molar-refractivity contribution >= 4 is 17.9 Å². The van der Waals surface area contributed by atoms with Crippen molar-refractivity contribution in [2.24, 2.45) is 5.73 Å². The molecule has 1 atom stereocenters. The first kappa shape index (κ1) is 18.9. The van der Waals surface area contributed by atoms with Gasteiger partial charge < -0.3 is 16.0 Å². The fourth-order valence-corrected chi connectivity index (χ4v) is 3.71. The normalized spacial score (nSPS) is 13.9. The van der Waals surface area contributed by atoms with E-state index in [0.717, 1.165) is 22.3 Å². The molecule has 2 heterocycles. The largest absolute Gasteiger partial charge is 0.348 e. The summed E-state index contributed by atoms with van der Waals surface area (Å²) in [6, 6.07) is 11.6. The monoisotopic (exact) mass is 389 g/mol. The number of H-pyrrole nitrogens is 1. The van der Waals surface area contributed by atoms with Crippen molar-refractivity contribution in [1.82, 2.24) is 20.4 Å². The van der Waals surface area contributed by atoms with E-state index in [0.29, 0.717) is 30.8 Å². The quantitative estimate of drug-likeness (QED) is 0.622. The van der Waals surface area contributed by atoms with Crippen molar-refractivity contribution in [2.45, 2.75) is 25.9 Å². The lowest BCUT2D eigenvalue weighted by molar-refractivity contribution is -0.126. The van der Waals surface area contributed by atoms with Crippen molar-refractivity contribution < 1.29 is 9.59 Å². The number of amides is 2. The lowest BCUT2D eigenvalue weighted by Crippen LogP contribution is -2.42. The smallest absolute Gasteiger partial charge is 0.251 e. The van der Waals surface area contributed by atoms with E-state index in [1.54, 1.807) is 23.4 Å². The second-order valence-corrected chi connectivity index (χ2v) is 7.20. The van der Waals surface area contributed by atoms with Gasteiger partial charge in [-0.1, -0.05) is 30.3 Å². The highest BCUT2D eigenvalue weighted by Gasteiger charge is 2.28. The summed E-state index contributed by atoms with van der Waals surface area (Å²) in [7, 11) is 0. The van der Waals surface area contributed by atoms with Crippen LogP contribution in [0.1, 0.15) is 34.1 Å². The molecular weight excluding hydrogens is 366 g/mol. The highest BCUT2D eigenvalue weighted by Crippen LogP contribution is 2.36. The van der Waals surface area contributed by atoms with Gasteiger partial charge >= 0.3 is 0 Å². The zero-order valence-electron chi connectivity index (χ0n) is 16.2. The average molecular weight is 389 g/mol. The topological polar surface area (TPSA) is 104 Å². The number of hydrogen-bond donors (Lipinski definition) is 3. The summed E-state index contributed by atoms with van der Waals surface area (Å²) < 4.78 is 0. The van der Waals surface area contributed by atoms with E-state index in [1.165, 1.54) is 6.92 Å². The van der Waals surface area contributed by atoms with Gasteiger partial charge in [-0.15, -0.1) is 0 Å². The molecule has 2 aliphatic heterocycles. The number of nitrogens with two attached hydrogens (primary N) is 1. The molecule has 0 radical (unpaired) electrons. The van der Waals surface area contributed by atoms with Crippen LogP contribution >= 0.6 is 0 Å². The van der Waals surface area contributed by atoms with Crippen molar-refractivity contribution in [3.8, 4) is 11.1 Å². The van der Waals surface area contributed by atoms with Gasteiger partial charge in [-0.25, -0.2) is 0 Å². The van der Waals surface area contributed by atoms with E-state index in [-0.39, 0.29) is 17.9 Å². The molecule has 0 saturated heterocycles. The van der Waals surface area contributed by atoms with Crippen LogP contribution in [0.2, 0.25) is 0 Å². The van der Waals surface area contributed by atoms with E-state index < -0.39 is 0 Å². The van der Waals surface area contributed by atoms with Crippen LogP contribution in [-0.2, 0) is 17.8 Å². The maximum absolute atomic E-state index is 13.2. The second-order valence-electron chi connectivity index (χ2n) is 7.20. The van der Waals surface area contributed by atoms with Gasteiger partial charge in [-0.2, -0.15) is 5.10 Å². The van der Waals surface area contributed by atoms with Gasteiger partial charge in [-0.05, 0) is 29.7 Å². The van der Waals surface area contributed by atoms with Gasteiger partial charge in [0.15, 0.2) is 0 Å². The first-order valence-electron chi connectivity index (χ1n) is 9.56. The third-order valence-corrected chi connectivity index (χ3v) is 5.21. The Morgan fingerprint density at radius 2 is 2.10 bits per heavy atom. The summed E-state index contributed by atoms with van der Waals surface area (Å²) in [5, 5.41) is 10.2. The van der Waals surface area contributed by atoms with E-state index in [4.69, 9.17) is 5.73 Å². The molecule has 29 heavy (non-hydrogen) atoms. The van der Waals surface area contributed by atoms with Crippen LogP contribution in [0.3, 0.4) is 0 Å². The molecule has 3 aliphatic rings. The van der Waals surface area contributed by atoms with E-state index >= 15 is 0 Å². The summed E-state index contributed by atoms with van der Waals surface area (Å²) in [5.74, 6) is -0.290. The van der Waals surface area contributed by atoms with Crippen LogP contribution in [-0.4, -0.2) is 39.5 Å². The lowest BCUT2D eigenvalue weighted by Gasteiger charge is -2.19. The number of benzene rings is 1. The molecule has 4 N–H and O–H groups in total. The van der Waals surface area contributed by atoms with Gasteiger partial charge in [-0.3, -0.25) is 14.7 Å². The molecule has 1 aromatic rings. The molecule has 0 saturated carbocycles. The average Bonchev–Trinajstić information content (AvgIpc) is 2.97. The van der Waals surface area contributed by atoms with Crippen LogP contribution in [0.5, 0.6) is 0 Å². The predicted molar refractivity (Wildman–Crippen MR) is 111 cm³/mol. The zero-order chi connectivity index (χ0) is 20.4. The third kappa shape index (κ3) is 3.77. The Morgan fingerprint density at radius 3 is 2.83 bits per heavy atom. The fourth-order valence-electron chi connectivity index (χ4n) is 3.71. The van der Waals surface area contributed by atoms with Crippen LogP contribution < -0.4 is 11.1 Å². The Kier molecular flexibility index (Phi) is 5.14. The molecule has 7 heteroatoms. The van der Waals surface area contributed by atoms with Crippen molar-refractivity contribution in [2.75, 3.05) is 6.54 Å². The maximum atomic E-state index is 13.2. The minimum atomic E-state index is -0.195. The number of aromatic nitrogens is 2. The number of nitrogens with zero attached hydrogens (tertiary/aromatic N) is 2. The van der Waals surface area contributed by atoms with E-state index in [1.807, 2.05) is 36.4 Å². The molecule has 7 nitrogen and oxygen atoms in total. The van der Waals surface area contributed by atoms with Crippen molar-refractivity contribution in [3.63, 3.8) is 0 Å². The van der Waals surface area contributed by atoms with Crippen LogP contribution in [0.25, 0.3) is 17.2 Å². The first-order chi connectivity index (χ1) is 14.1. The number of aromatic amines is 1. The molecule has 1 aromatic carbocycles. The Hall–Kier alpha value is -3.45. The highest BCUT2D eigenvalue weighted by molar-refractivity contribution is 6.02. The number of rotatable bonds is 5. The van der Waals surface area contributed by atoms with E-state index in [2.05, 4.69) is 15.5 Å². The van der Waals surface area contributed by atoms with Gasteiger partial charge in [0, 0.05) is 48.6 Å². The van der Waals surface area contributed by atoms with Crippen LogP contribution in [0.4, 0.5) is 0 Å². The molecule has 0 spiro atoms. The number of hydrogen-bond acceptors (Lipinski definition) is 4. The van der Waals surface area contributed by atoms with Crippen molar-refractivity contribution in [1.29, 1.82) is 0 Å². The van der Waals surface area contributed by atoms with Gasteiger partial charge in [0.1, 0.15) is 0 Å². The molecule has 4 rings (SSSR count). The Morgan fingerprint density at radius 1 is 1.31 bits per heavy atom. The maximum Gasteiger partial charge on any atom is 0.251 e. The van der Waals surface area contributed by atoms with Gasteiger partial charge in [0.25, 0.3) is 5.91 Å². The molecule has 0 aromatic heterocycles. The first-order valence-corrected chi connectivity index (χ1v) is 9.56. The molecular formula is C22H23N5O2. The van der Waals surface area contributed by atoms with Crippen LogP contribution in [0.15, 0.2) is 48.8 Å². The standard InChI is InChI=1S/C22H23N5O2/c1-14(28)27-8-7-20-21-16(12-24-26-20)10-18(19(21)13-27)22(29)25-17(11-23)9-15-5-3-2-4-6-15/h2-8,10,12,17,24H,9,11,13,23H2,1H3,(H,25,29)/t17-/m0/s1. The molecule has 0 bridgehead atoms. The minimum Gasteiger partial charge on any atom is -0.348 e. The predicted octanol–water partition coefficient (Wildman–Crippen LogP) is 2.15. The Labute approximate surface area is 168 Å². The molecule has 1 aliphatic carbocycles. The summed E-state index contributed by atoms with van der Waals surface area (Å²) in [4.78, 5) is 26.7. The van der Waals surface area contributed by atoms with Gasteiger partial charge in [0.2, 0.25) is 5.91 Å². The summed E-state index contributed by atoms with van der Waals surface area (Å²) in [6.45, 7) is 2.16. The second kappa shape index (κ2) is 7.89. The molecule has 148 valence electrons. The summed E-state index contributed by atoms with van der Waals surface area (Å²) >= 11 is 0. The zero-order valence-corrected chi connectivity index (χ0v) is 16.2. The SMILES string of the molecule is CC(=O)N1C=Cc2n[nH]cc3cc(C(=O)N[C@H](CN)Cc4ccccc4)c(c2-3)C1. The van der Waals surface area contributed by atoms with Crippen molar-refractivity contribution in [3.05, 3.63) is 71.2 Å². The lowest BCUT2D eigenvalue weighted by atomic mass is 10.0. The summed E-state index contributed by atoms with van der Waals surface area (Å²) in [5.41, 5.74) is 10.9.